The highest BCUT2D eigenvalue weighted by molar-refractivity contribution is 6.16. The predicted octanol–water partition coefficient (Wildman–Crippen LogP) is 3.06. The van der Waals surface area contributed by atoms with Gasteiger partial charge in [0.25, 0.3) is 0 Å². The molecule has 0 spiro atoms. The minimum absolute atomic E-state index is 0.181. The number of aromatic hydroxyl groups is 2. The van der Waals surface area contributed by atoms with Crippen LogP contribution in [0.2, 0.25) is 0 Å². The minimum Gasteiger partial charge on any atom is -0.504 e. The number of allylic oxidation sites excluding steroid dienone is 1. The molecule has 0 unspecified atom stereocenters. The number of phenols is 2. The lowest BCUT2D eigenvalue weighted by molar-refractivity contribution is 0.104. The number of carbonyl (C=O) groups is 1. The molecule has 2 aromatic carbocycles. The predicted molar refractivity (Wildman–Crippen MR) is 72.2 cm³/mol. The summed E-state index contributed by atoms with van der Waals surface area (Å²) >= 11 is 0. The van der Waals surface area contributed by atoms with Crippen LogP contribution in [-0.4, -0.2) is 16.0 Å². The molecular weight excluding hydrogens is 259 g/mol. The second kappa shape index (κ2) is 4.49. The summed E-state index contributed by atoms with van der Waals surface area (Å²) in [5.41, 5.74) is 2.05. The first-order valence-electron chi connectivity index (χ1n) is 6.11. The van der Waals surface area contributed by atoms with Gasteiger partial charge >= 0.3 is 0 Å². The van der Waals surface area contributed by atoms with E-state index in [-0.39, 0.29) is 29.5 Å². The lowest BCUT2D eigenvalue weighted by Crippen LogP contribution is -1.95. The van der Waals surface area contributed by atoms with Crippen LogP contribution in [0, 0.1) is 5.82 Å². The summed E-state index contributed by atoms with van der Waals surface area (Å²) in [6, 6.07) is 8.60. The highest BCUT2D eigenvalue weighted by Crippen LogP contribution is 2.38. The summed E-state index contributed by atoms with van der Waals surface area (Å²) in [6.45, 7) is 0. The van der Waals surface area contributed by atoms with Crippen molar-refractivity contribution in [3.8, 4) is 11.5 Å². The number of rotatable bonds is 1. The molecule has 0 bridgehead atoms. The van der Waals surface area contributed by atoms with Crippen LogP contribution in [0.15, 0.2) is 42.0 Å². The van der Waals surface area contributed by atoms with Crippen LogP contribution in [0.4, 0.5) is 4.39 Å². The van der Waals surface area contributed by atoms with Crippen molar-refractivity contribution in [2.75, 3.05) is 0 Å². The van der Waals surface area contributed by atoms with Crippen molar-refractivity contribution >= 4 is 11.9 Å². The second-order valence-electron chi connectivity index (χ2n) is 4.69. The number of hydrogen-bond donors (Lipinski definition) is 2. The first-order valence-corrected chi connectivity index (χ1v) is 6.11. The molecule has 20 heavy (non-hydrogen) atoms. The number of carbonyl (C=O) groups excluding carboxylic acids is 1. The summed E-state index contributed by atoms with van der Waals surface area (Å²) in [5, 5.41) is 19.2. The van der Waals surface area contributed by atoms with Crippen LogP contribution in [0.3, 0.4) is 0 Å². The second-order valence-corrected chi connectivity index (χ2v) is 4.69. The molecule has 0 fully saturated rings. The van der Waals surface area contributed by atoms with E-state index < -0.39 is 0 Å². The monoisotopic (exact) mass is 270 g/mol. The third-order valence-corrected chi connectivity index (χ3v) is 3.38. The molecule has 0 aromatic heterocycles. The molecule has 0 saturated heterocycles. The van der Waals surface area contributed by atoms with Crippen molar-refractivity contribution in [2.24, 2.45) is 0 Å². The third kappa shape index (κ3) is 1.95. The smallest absolute Gasteiger partial charge is 0.189 e. The van der Waals surface area contributed by atoms with Crippen molar-refractivity contribution in [3.05, 3.63) is 64.5 Å². The third-order valence-electron chi connectivity index (χ3n) is 3.38. The Labute approximate surface area is 114 Å². The molecule has 0 heterocycles. The molecule has 4 heteroatoms. The van der Waals surface area contributed by atoms with Gasteiger partial charge in [-0.25, -0.2) is 4.39 Å². The highest BCUT2D eigenvalue weighted by atomic mass is 19.1. The maximum Gasteiger partial charge on any atom is 0.189 e. The van der Waals surface area contributed by atoms with Crippen molar-refractivity contribution in [1.29, 1.82) is 0 Å². The molecule has 0 saturated carbocycles. The first kappa shape index (κ1) is 12.4. The fraction of sp³-hybridized carbons (Fsp3) is 0.0625. The number of phenolic OH excluding ortho intramolecular Hbond substituents is 2. The SMILES string of the molecule is O=C1C(=Cc2ccc(F)cc2)Cc2c1ccc(O)c2O. The van der Waals surface area contributed by atoms with E-state index in [1.807, 2.05) is 0 Å². The van der Waals surface area contributed by atoms with Gasteiger partial charge in [0.2, 0.25) is 0 Å². The minimum atomic E-state index is -0.337. The van der Waals surface area contributed by atoms with E-state index >= 15 is 0 Å². The molecule has 2 aromatic rings. The number of Topliss-reactive ketones (excluding diaryl/α,β-unsaturated/α-hetero) is 1. The Kier molecular flexibility index (Phi) is 2.79. The molecule has 1 aliphatic rings. The topological polar surface area (TPSA) is 57.5 Å². The molecule has 100 valence electrons. The fourth-order valence-corrected chi connectivity index (χ4v) is 2.34. The van der Waals surface area contributed by atoms with Crippen LogP contribution in [0.5, 0.6) is 11.5 Å². The zero-order valence-corrected chi connectivity index (χ0v) is 10.4. The number of halogens is 1. The van der Waals surface area contributed by atoms with Gasteiger partial charge in [-0.05, 0) is 35.9 Å². The van der Waals surface area contributed by atoms with Crippen LogP contribution >= 0.6 is 0 Å². The molecule has 1 aliphatic carbocycles. The lowest BCUT2D eigenvalue weighted by atomic mass is 10.1. The van der Waals surface area contributed by atoms with Gasteiger partial charge < -0.3 is 10.2 Å². The quantitative estimate of drug-likeness (QED) is 0.618. The van der Waals surface area contributed by atoms with Crippen LogP contribution < -0.4 is 0 Å². The Morgan fingerprint density at radius 2 is 1.75 bits per heavy atom. The number of benzene rings is 2. The molecule has 0 radical (unpaired) electrons. The highest BCUT2D eigenvalue weighted by Gasteiger charge is 2.28. The molecule has 3 nitrogen and oxygen atoms in total. The number of fused-ring (bicyclic) bond motifs is 1. The van der Waals surface area contributed by atoms with Gasteiger partial charge in [-0.2, -0.15) is 0 Å². The van der Waals surface area contributed by atoms with Crippen LogP contribution in [0.25, 0.3) is 6.08 Å². The van der Waals surface area contributed by atoms with Gasteiger partial charge in [0.05, 0.1) is 0 Å². The maximum absolute atomic E-state index is 12.8. The number of ketones is 1. The zero-order chi connectivity index (χ0) is 14.3. The molecule has 3 rings (SSSR count). The van der Waals surface area contributed by atoms with Gasteiger partial charge in [-0.3, -0.25) is 4.79 Å². The standard InChI is InChI=1S/C16H11FO3/c17-11-3-1-9(2-4-11)7-10-8-13-12(15(10)19)5-6-14(18)16(13)20/h1-7,18,20H,8H2. The van der Waals surface area contributed by atoms with Crippen molar-refractivity contribution < 1.29 is 19.4 Å². The average Bonchev–Trinajstić information content (AvgIpc) is 2.75. The Hall–Kier alpha value is -2.62. The van der Waals surface area contributed by atoms with E-state index in [2.05, 4.69) is 0 Å². The van der Waals surface area contributed by atoms with Crippen LogP contribution in [0.1, 0.15) is 21.5 Å². The van der Waals surface area contributed by atoms with E-state index in [0.717, 1.165) is 0 Å². The molecular formula is C16H11FO3. The van der Waals surface area contributed by atoms with Gasteiger partial charge in [0.15, 0.2) is 17.3 Å². The average molecular weight is 270 g/mol. The zero-order valence-electron chi connectivity index (χ0n) is 10.4. The molecule has 0 aliphatic heterocycles. The Balaban J connectivity index is 2.01. The molecule has 0 amide bonds. The van der Waals surface area contributed by atoms with E-state index in [1.165, 1.54) is 24.3 Å². The van der Waals surface area contributed by atoms with Crippen molar-refractivity contribution in [2.45, 2.75) is 6.42 Å². The van der Waals surface area contributed by atoms with Crippen molar-refractivity contribution in [1.82, 2.24) is 0 Å². The molecule has 2 N–H and O–H groups in total. The largest absolute Gasteiger partial charge is 0.504 e. The molecule has 0 atom stereocenters. The van der Waals surface area contributed by atoms with E-state index in [0.29, 0.717) is 22.3 Å². The van der Waals surface area contributed by atoms with Gasteiger partial charge in [0.1, 0.15) is 5.82 Å². The van der Waals surface area contributed by atoms with Crippen LogP contribution in [-0.2, 0) is 6.42 Å². The number of hydrogen-bond acceptors (Lipinski definition) is 3. The van der Waals surface area contributed by atoms with Crippen molar-refractivity contribution in [3.63, 3.8) is 0 Å². The summed E-state index contributed by atoms with van der Waals surface area (Å²) in [5.74, 6) is -1.01. The summed E-state index contributed by atoms with van der Waals surface area (Å²) in [4.78, 5) is 12.2. The summed E-state index contributed by atoms with van der Waals surface area (Å²) in [7, 11) is 0. The van der Waals surface area contributed by atoms with Gasteiger partial charge in [0, 0.05) is 23.1 Å². The summed E-state index contributed by atoms with van der Waals surface area (Å²) in [6.07, 6.45) is 1.92. The van der Waals surface area contributed by atoms with Gasteiger partial charge in [-0.15, -0.1) is 0 Å². The van der Waals surface area contributed by atoms with E-state index in [4.69, 9.17) is 0 Å². The Morgan fingerprint density at radius 3 is 2.45 bits per heavy atom. The fourth-order valence-electron chi connectivity index (χ4n) is 2.34. The van der Waals surface area contributed by atoms with E-state index in [1.54, 1.807) is 18.2 Å². The normalized spacial score (nSPS) is 15.7. The van der Waals surface area contributed by atoms with E-state index in [9.17, 15) is 19.4 Å². The first-order chi connectivity index (χ1) is 9.56. The lowest BCUT2D eigenvalue weighted by Gasteiger charge is -2.01. The Bertz CT molecular complexity index is 730. The maximum atomic E-state index is 12.8. The Morgan fingerprint density at radius 1 is 1.05 bits per heavy atom. The summed E-state index contributed by atoms with van der Waals surface area (Å²) < 4.78 is 12.8. The van der Waals surface area contributed by atoms with Gasteiger partial charge in [-0.1, -0.05) is 12.1 Å².